The van der Waals surface area contributed by atoms with E-state index < -0.39 is 0 Å². The summed E-state index contributed by atoms with van der Waals surface area (Å²) in [5.74, 6) is 0. The molecule has 0 aromatic heterocycles. The maximum atomic E-state index is 12.6. The Kier molecular flexibility index (Phi) is 5.06. The summed E-state index contributed by atoms with van der Waals surface area (Å²) in [7, 11) is 0. The van der Waals surface area contributed by atoms with Crippen LogP contribution in [0.4, 0.5) is 10.5 Å². The van der Waals surface area contributed by atoms with Crippen molar-refractivity contribution >= 4 is 41.0 Å². The van der Waals surface area contributed by atoms with E-state index in [1.54, 1.807) is 6.07 Å². The Morgan fingerprint density at radius 1 is 1.11 bits per heavy atom. The lowest BCUT2D eigenvalue weighted by Crippen LogP contribution is -2.24. The second kappa shape index (κ2) is 7.49. The number of halogens is 1. The molecule has 4 N–H and O–H groups in total. The highest BCUT2D eigenvalue weighted by Gasteiger charge is 2.25. The van der Waals surface area contributed by atoms with Crippen LogP contribution < -0.4 is 15.8 Å². The van der Waals surface area contributed by atoms with Crippen LogP contribution in [0.1, 0.15) is 40.7 Å². The predicted molar refractivity (Wildman–Crippen MR) is 113 cm³/mol. The van der Waals surface area contributed by atoms with Crippen LogP contribution in [0.15, 0.2) is 35.7 Å². The average molecular weight is 400 g/mol. The molecule has 2 aliphatic carbocycles. The number of nitrogens with one attached hydrogen (secondary N) is 2. The van der Waals surface area contributed by atoms with Crippen molar-refractivity contribution < 1.29 is 4.79 Å². The normalized spacial score (nSPS) is 14.6. The minimum Gasteiger partial charge on any atom is -0.399 e. The van der Waals surface area contributed by atoms with E-state index in [0.29, 0.717) is 16.3 Å². The maximum Gasteiger partial charge on any atom is 0.329 e. The molecule has 2 aliphatic rings. The standard InChI is InChI=1S/C21H22ClN3OS/c1-12(23)19-17(22)9-4-10-18(19)27-25-21(26)24-20-15-7-2-5-13(15)11-14-6-3-8-16(14)20/h4,9-11H,1-3,5-8,23H2,(H2,24,25,26). The molecule has 0 unspecified atom stereocenters. The molecule has 27 heavy (non-hydrogen) atoms. The molecule has 6 heteroatoms. The van der Waals surface area contributed by atoms with Gasteiger partial charge in [0.15, 0.2) is 0 Å². The Labute approximate surface area is 168 Å². The van der Waals surface area contributed by atoms with Gasteiger partial charge in [-0.25, -0.2) is 4.79 Å². The van der Waals surface area contributed by atoms with Crippen molar-refractivity contribution in [2.75, 3.05) is 5.32 Å². The number of nitrogens with two attached hydrogens (primary N) is 1. The van der Waals surface area contributed by atoms with Crippen LogP contribution in [0, 0.1) is 0 Å². The highest BCUT2D eigenvalue weighted by molar-refractivity contribution is 7.98. The zero-order valence-corrected chi connectivity index (χ0v) is 16.6. The summed E-state index contributed by atoms with van der Waals surface area (Å²) in [5, 5.41) is 3.64. The SMILES string of the molecule is C=C(N)c1c(Cl)cccc1SNC(=O)Nc1c2c(cc3c1CCC3)CCC2. The molecule has 2 aromatic rings. The molecule has 0 heterocycles. The number of hydrogen-bond acceptors (Lipinski definition) is 3. The molecule has 0 bridgehead atoms. The molecule has 0 aliphatic heterocycles. The highest BCUT2D eigenvalue weighted by Crippen LogP contribution is 2.38. The number of aryl methyl sites for hydroxylation is 2. The summed E-state index contributed by atoms with van der Waals surface area (Å²) >= 11 is 7.41. The van der Waals surface area contributed by atoms with Gasteiger partial charge in [0.1, 0.15) is 0 Å². The van der Waals surface area contributed by atoms with Crippen molar-refractivity contribution in [3.63, 3.8) is 0 Å². The molecule has 4 nitrogen and oxygen atoms in total. The first-order valence-corrected chi connectivity index (χ1v) is 10.4. The van der Waals surface area contributed by atoms with Gasteiger partial charge < -0.3 is 11.1 Å². The Morgan fingerprint density at radius 3 is 2.41 bits per heavy atom. The van der Waals surface area contributed by atoms with Gasteiger partial charge in [-0.05, 0) is 84.9 Å². The number of carbonyl (C=O) groups is 1. The Bertz CT molecular complexity index is 909. The molecule has 0 fully saturated rings. The van der Waals surface area contributed by atoms with Crippen LogP contribution in [0.3, 0.4) is 0 Å². The smallest absolute Gasteiger partial charge is 0.329 e. The third kappa shape index (κ3) is 3.54. The minimum absolute atomic E-state index is 0.233. The van der Waals surface area contributed by atoms with Gasteiger partial charge in [0, 0.05) is 21.8 Å². The second-order valence-corrected chi connectivity index (χ2v) is 8.29. The number of rotatable bonds is 4. The van der Waals surface area contributed by atoms with Gasteiger partial charge in [0.05, 0.1) is 5.02 Å². The van der Waals surface area contributed by atoms with E-state index in [-0.39, 0.29) is 6.03 Å². The molecule has 0 saturated carbocycles. The van der Waals surface area contributed by atoms with Crippen LogP contribution in [0.25, 0.3) is 5.70 Å². The van der Waals surface area contributed by atoms with Gasteiger partial charge in [-0.3, -0.25) is 4.72 Å². The topological polar surface area (TPSA) is 67.1 Å². The van der Waals surface area contributed by atoms with Crippen molar-refractivity contribution in [2.24, 2.45) is 5.73 Å². The molecule has 0 saturated heterocycles. The lowest BCUT2D eigenvalue weighted by Gasteiger charge is -2.17. The third-order valence-electron chi connectivity index (χ3n) is 5.26. The number of fused-ring (bicyclic) bond motifs is 2. The fourth-order valence-electron chi connectivity index (χ4n) is 4.11. The van der Waals surface area contributed by atoms with Crippen LogP contribution in [-0.2, 0) is 25.7 Å². The van der Waals surface area contributed by atoms with E-state index in [0.717, 1.165) is 49.1 Å². The quantitative estimate of drug-likeness (QED) is 0.628. The Morgan fingerprint density at radius 2 is 1.78 bits per heavy atom. The first kappa shape index (κ1) is 18.3. The summed E-state index contributed by atoms with van der Waals surface area (Å²) < 4.78 is 2.86. The number of anilines is 1. The van der Waals surface area contributed by atoms with Crippen LogP contribution in [-0.4, -0.2) is 6.03 Å². The predicted octanol–water partition coefficient (Wildman–Crippen LogP) is 5.08. The average Bonchev–Trinajstić information content (AvgIpc) is 3.28. The minimum atomic E-state index is -0.233. The van der Waals surface area contributed by atoms with Gasteiger partial charge in [-0.15, -0.1) is 0 Å². The number of urea groups is 1. The van der Waals surface area contributed by atoms with Gasteiger partial charge >= 0.3 is 6.03 Å². The summed E-state index contributed by atoms with van der Waals surface area (Å²) in [4.78, 5) is 13.4. The Hall–Kier alpha value is -2.11. The van der Waals surface area contributed by atoms with E-state index in [9.17, 15) is 4.79 Å². The van der Waals surface area contributed by atoms with Crippen molar-refractivity contribution in [1.82, 2.24) is 4.72 Å². The van der Waals surface area contributed by atoms with E-state index in [1.165, 1.54) is 34.2 Å². The van der Waals surface area contributed by atoms with E-state index in [2.05, 4.69) is 22.7 Å². The maximum absolute atomic E-state index is 12.6. The van der Waals surface area contributed by atoms with Crippen molar-refractivity contribution in [1.29, 1.82) is 0 Å². The third-order valence-corrected chi connectivity index (χ3v) is 6.42. The first-order chi connectivity index (χ1) is 13.0. The van der Waals surface area contributed by atoms with Crippen LogP contribution in [0.5, 0.6) is 0 Å². The van der Waals surface area contributed by atoms with Gasteiger partial charge in [-0.1, -0.05) is 30.3 Å². The van der Waals surface area contributed by atoms with E-state index in [1.807, 2.05) is 12.1 Å². The van der Waals surface area contributed by atoms with Crippen molar-refractivity contribution in [3.05, 3.63) is 63.7 Å². The fourth-order valence-corrected chi connectivity index (χ4v) is 5.20. The summed E-state index contributed by atoms with van der Waals surface area (Å²) in [6.07, 6.45) is 6.62. The van der Waals surface area contributed by atoms with Crippen molar-refractivity contribution in [2.45, 2.75) is 43.4 Å². The summed E-state index contributed by atoms with van der Waals surface area (Å²) in [5.41, 5.74) is 13.3. The molecule has 2 aromatic carbocycles. The van der Waals surface area contributed by atoms with E-state index in [4.69, 9.17) is 17.3 Å². The van der Waals surface area contributed by atoms with Gasteiger partial charge in [-0.2, -0.15) is 0 Å². The molecular formula is C21H22ClN3OS. The zero-order chi connectivity index (χ0) is 19.0. The molecule has 0 atom stereocenters. The molecule has 0 radical (unpaired) electrons. The zero-order valence-electron chi connectivity index (χ0n) is 15.0. The van der Waals surface area contributed by atoms with Crippen LogP contribution >= 0.6 is 23.5 Å². The lowest BCUT2D eigenvalue weighted by atomic mass is 9.99. The molecular weight excluding hydrogens is 378 g/mol. The molecule has 0 spiro atoms. The first-order valence-electron chi connectivity index (χ1n) is 9.18. The molecule has 2 amide bonds. The van der Waals surface area contributed by atoms with Crippen LogP contribution in [0.2, 0.25) is 5.02 Å². The highest BCUT2D eigenvalue weighted by atomic mass is 35.5. The monoisotopic (exact) mass is 399 g/mol. The molecule has 4 rings (SSSR count). The second-order valence-electron chi connectivity index (χ2n) is 7.03. The molecule has 140 valence electrons. The number of hydrogen-bond donors (Lipinski definition) is 3. The summed E-state index contributed by atoms with van der Waals surface area (Å²) in [6, 6.07) is 7.57. The summed E-state index contributed by atoms with van der Waals surface area (Å²) in [6.45, 7) is 3.77. The van der Waals surface area contributed by atoms with Crippen molar-refractivity contribution in [3.8, 4) is 0 Å². The Balaban J connectivity index is 1.52. The number of amides is 2. The fraction of sp³-hybridized carbons (Fsp3) is 0.286. The van der Waals surface area contributed by atoms with Gasteiger partial charge in [0.2, 0.25) is 0 Å². The number of benzene rings is 2. The lowest BCUT2D eigenvalue weighted by molar-refractivity contribution is 0.257. The largest absolute Gasteiger partial charge is 0.399 e. The van der Waals surface area contributed by atoms with Gasteiger partial charge in [0.25, 0.3) is 0 Å². The number of carbonyl (C=O) groups excluding carboxylic acids is 1. The van der Waals surface area contributed by atoms with E-state index >= 15 is 0 Å².